The van der Waals surface area contributed by atoms with E-state index in [9.17, 15) is 74.9 Å². The highest BCUT2D eigenvalue weighted by Gasteiger charge is 2.58. The molecule has 2 heterocycles. The molecular formula is C73H137O24P. The average Bonchev–Trinajstić information content (AvgIpc) is 0.767. The number of rotatable bonds is 60. The summed E-state index contributed by atoms with van der Waals surface area (Å²) < 4.78 is 65.1. The summed E-state index contributed by atoms with van der Waals surface area (Å²) in [5.41, 5.74) is 0. The molecule has 25 heteroatoms. The van der Waals surface area contributed by atoms with E-state index in [2.05, 4.69) is 27.7 Å². The normalized spacial score (nSPS) is 27.9. The monoisotopic (exact) mass is 1430 g/mol. The fourth-order valence-corrected chi connectivity index (χ4v) is 14.1. The van der Waals surface area contributed by atoms with E-state index in [4.69, 9.17) is 42.2 Å². The number of unbranched alkanes of at least 4 members (excludes halogenated alkanes) is 35. The summed E-state index contributed by atoms with van der Waals surface area (Å²) in [4.78, 5) is 51.1. The molecule has 1 saturated carbocycles. The molecule has 3 rings (SSSR count). The van der Waals surface area contributed by atoms with Crippen LogP contribution >= 0.6 is 7.82 Å². The van der Waals surface area contributed by atoms with E-state index in [0.717, 1.165) is 96.3 Å². The van der Waals surface area contributed by atoms with E-state index in [1.165, 1.54) is 148 Å². The average molecular weight is 1430 g/mol. The smallest absolute Gasteiger partial charge is 0.463 e. The summed E-state index contributed by atoms with van der Waals surface area (Å²) in [5.74, 6) is -1.29. The number of hydrogen-bond acceptors (Lipinski definition) is 23. The Morgan fingerprint density at radius 3 is 1.10 bits per heavy atom. The van der Waals surface area contributed by atoms with Gasteiger partial charge in [0.1, 0.15) is 98.7 Å². The van der Waals surface area contributed by atoms with E-state index in [0.29, 0.717) is 25.2 Å². The first kappa shape index (κ1) is 90.2. The zero-order valence-electron chi connectivity index (χ0n) is 60.5. The maximum absolute atomic E-state index is 14.3. The molecular weight excluding hydrogens is 1290 g/mol. The molecule has 19 unspecified atom stereocenters. The van der Waals surface area contributed by atoms with Crippen molar-refractivity contribution in [1.29, 1.82) is 0 Å². The van der Waals surface area contributed by atoms with Gasteiger partial charge in [0.2, 0.25) is 0 Å². The van der Waals surface area contributed by atoms with Crippen molar-refractivity contribution >= 4 is 25.7 Å². The quantitative estimate of drug-likeness (QED) is 0.0117. The van der Waals surface area contributed by atoms with Gasteiger partial charge in [0.25, 0.3) is 0 Å². The summed E-state index contributed by atoms with van der Waals surface area (Å²) in [7, 11) is -5.69. The van der Waals surface area contributed by atoms with Crippen molar-refractivity contribution in [3.63, 3.8) is 0 Å². The lowest BCUT2D eigenvalue weighted by Gasteiger charge is -2.49. The molecule has 0 radical (unpaired) electrons. The highest BCUT2D eigenvalue weighted by atomic mass is 31.2. The first-order valence-corrected chi connectivity index (χ1v) is 40.2. The van der Waals surface area contributed by atoms with Crippen LogP contribution in [-0.2, 0) is 61.2 Å². The third-order valence-electron chi connectivity index (χ3n) is 19.5. The molecule has 3 fully saturated rings. The van der Waals surface area contributed by atoms with Crippen LogP contribution in [0.1, 0.15) is 310 Å². The summed E-state index contributed by atoms with van der Waals surface area (Å²) in [6.45, 7) is 5.79. The second-order valence-corrected chi connectivity index (χ2v) is 29.8. The molecule has 0 amide bonds. The number of carbonyl (C=O) groups is 3. The van der Waals surface area contributed by atoms with Gasteiger partial charge in [-0.05, 0) is 25.2 Å². The molecule has 0 bridgehead atoms. The fraction of sp³-hybridized carbons (Fsp3) is 0.959. The number of aliphatic hydroxyl groups excluding tert-OH is 10. The van der Waals surface area contributed by atoms with Crippen LogP contribution in [-0.4, -0.2) is 204 Å². The van der Waals surface area contributed by atoms with Crippen LogP contribution in [0, 0.1) is 5.92 Å². The van der Waals surface area contributed by atoms with Gasteiger partial charge in [0, 0.05) is 19.3 Å². The van der Waals surface area contributed by atoms with Gasteiger partial charge in [-0.2, -0.15) is 0 Å². The first-order chi connectivity index (χ1) is 47.2. The van der Waals surface area contributed by atoms with Crippen LogP contribution in [0.15, 0.2) is 0 Å². The van der Waals surface area contributed by atoms with Gasteiger partial charge >= 0.3 is 25.7 Å². The lowest BCUT2D eigenvalue weighted by atomic mass is 9.84. The van der Waals surface area contributed by atoms with Crippen molar-refractivity contribution in [1.82, 2.24) is 0 Å². The third kappa shape index (κ3) is 37.6. The largest absolute Gasteiger partial charge is 0.472 e. The van der Waals surface area contributed by atoms with Gasteiger partial charge in [-0.15, -0.1) is 0 Å². The van der Waals surface area contributed by atoms with Crippen LogP contribution in [0.5, 0.6) is 0 Å². The molecule has 2 aliphatic heterocycles. The minimum absolute atomic E-state index is 0.0335. The summed E-state index contributed by atoms with van der Waals surface area (Å²) >= 11 is 0. The Kier molecular flexibility index (Phi) is 50.2. The minimum atomic E-state index is -5.69. The van der Waals surface area contributed by atoms with Crippen LogP contribution in [0.4, 0.5) is 0 Å². The van der Waals surface area contributed by atoms with Crippen LogP contribution < -0.4 is 0 Å². The SMILES string of the molecule is CCCCCCCCCCCCCCCCCC(=O)OCC1OC(OC2C(O)C(O)C(O)C(OC3OC(CO)C(O)C(O)C3O)C2OP(=O)(O)OCC(COC(=O)CCCCCCCCCCCCCC)OC(=O)CCCCCCCCC(C)CCCCCCCC)C(O)C(O)C1O. The van der Waals surface area contributed by atoms with Crippen molar-refractivity contribution in [3.8, 4) is 0 Å². The molecule has 98 heavy (non-hydrogen) atoms. The van der Waals surface area contributed by atoms with Crippen LogP contribution in [0.3, 0.4) is 0 Å². The van der Waals surface area contributed by atoms with Gasteiger partial charge in [-0.1, -0.05) is 272 Å². The molecule has 0 aromatic carbocycles. The second-order valence-electron chi connectivity index (χ2n) is 28.4. The zero-order valence-corrected chi connectivity index (χ0v) is 61.4. The lowest BCUT2D eigenvalue weighted by Crippen LogP contribution is -2.69. The molecule has 1 aliphatic carbocycles. The Morgan fingerprint density at radius 2 is 0.714 bits per heavy atom. The predicted molar refractivity (Wildman–Crippen MR) is 370 cm³/mol. The molecule has 11 N–H and O–H groups in total. The Morgan fingerprint density at radius 1 is 0.388 bits per heavy atom. The number of aliphatic hydroxyl groups is 10. The summed E-state index contributed by atoms with van der Waals surface area (Å²) in [6.07, 6.45) is 10.3. The van der Waals surface area contributed by atoms with E-state index in [1.807, 2.05) is 0 Å². The van der Waals surface area contributed by atoms with Crippen molar-refractivity contribution in [2.45, 2.75) is 414 Å². The number of esters is 3. The standard InChI is InChI=1S/C73H137O24P/c1-5-8-11-14-17-19-21-23-24-25-27-29-31-37-42-47-58(76)90-52-56-61(79)63(81)68(86)73(94-56)96-70-66(84)64(82)65(83)69(95-72-67(85)62(80)60(78)55(49-74)93-72)71(70)97-98(87,88)91-51-54(50-89-57(75)46-41-36-30-28-26-22-20-18-15-12-9-6-2)92-59(77)48-43-38-33-32-35-40-45-53(4)44-39-34-16-13-10-7-3/h53-56,60-74,78-86H,5-52H2,1-4H3,(H,87,88). The number of ether oxygens (including phenoxy) is 7. The zero-order chi connectivity index (χ0) is 71.9. The summed E-state index contributed by atoms with van der Waals surface area (Å²) in [5, 5.41) is 110. The Bertz CT molecular complexity index is 2050. The highest BCUT2D eigenvalue weighted by molar-refractivity contribution is 7.47. The van der Waals surface area contributed by atoms with Crippen LogP contribution in [0.25, 0.3) is 0 Å². The molecule has 0 aromatic rings. The Hall–Kier alpha value is -2.04. The van der Waals surface area contributed by atoms with Crippen molar-refractivity contribution in [3.05, 3.63) is 0 Å². The molecule has 0 aromatic heterocycles. The van der Waals surface area contributed by atoms with Gasteiger partial charge in [0.15, 0.2) is 18.7 Å². The molecule has 3 aliphatic rings. The summed E-state index contributed by atoms with van der Waals surface area (Å²) in [6, 6.07) is 0. The number of phosphoric ester groups is 1. The predicted octanol–water partition coefficient (Wildman–Crippen LogP) is 10.8. The van der Waals surface area contributed by atoms with Gasteiger partial charge < -0.3 is 89.1 Å². The Balaban J connectivity index is 1.73. The molecule has 24 nitrogen and oxygen atoms in total. The number of carbonyl (C=O) groups excluding carboxylic acids is 3. The number of phosphoric acid groups is 1. The Labute approximate surface area is 587 Å². The van der Waals surface area contributed by atoms with E-state index >= 15 is 0 Å². The van der Waals surface area contributed by atoms with Crippen molar-refractivity contribution in [2.24, 2.45) is 5.92 Å². The maximum atomic E-state index is 14.3. The molecule has 19 atom stereocenters. The molecule has 2 saturated heterocycles. The van der Waals surface area contributed by atoms with E-state index < -0.39 is 156 Å². The van der Waals surface area contributed by atoms with Crippen molar-refractivity contribution in [2.75, 3.05) is 26.4 Å². The maximum Gasteiger partial charge on any atom is 0.472 e. The van der Waals surface area contributed by atoms with Crippen LogP contribution in [0.2, 0.25) is 0 Å². The minimum Gasteiger partial charge on any atom is -0.463 e. The van der Waals surface area contributed by atoms with Crippen molar-refractivity contribution < 1.29 is 117 Å². The second kappa shape index (κ2) is 54.6. The highest BCUT2D eigenvalue weighted by Crippen LogP contribution is 2.49. The van der Waals surface area contributed by atoms with E-state index in [1.54, 1.807) is 0 Å². The third-order valence-corrected chi connectivity index (χ3v) is 20.5. The molecule has 578 valence electrons. The fourth-order valence-electron chi connectivity index (χ4n) is 13.1. The molecule has 0 spiro atoms. The van der Waals surface area contributed by atoms with Gasteiger partial charge in [0.05, 0.1) is 13.2 Å². The lowest BCUT2D eigenvalue weighted by molar-refractivity contribution is -0.360. The topological polar surface area (TPSA) is 374 Å². The van der Waals surface area contributed by atoms with Gasteiger partial charge in [-0.25, -0.2) is 4.57 Å². The number of hydrogen-bond donors (Lipinski definition) is 11. The van der Waals surface area contributed by atoms with Gasteiger partial charge in [-0.3, -0.25) is 23.4 Å². The first-order valence-electron chi connectivity index (χ1n) is 38.7. The van der Waals surface area contributed by atoms with E-state index in [-0.39, 0.29) is 19.3 Å².